The van der Waals surface area contributed by atoms with Crippen molar-refractivity contribution in [1.82, 2.24) is 4.98 Å². The minimum absolute atomic E-state index is 0.245. The standard InChI is InChI=1S/C18H16ClN3O/c1-2-16(12-3-6-14(23)7-4-12)21-22-17-9-10-20-18-11-13(19)5-8-15(17)18/h3-11,23H,2H2,1H3,(H,20,22)/b21-16+. The summed E-state index contributed by atoms with van der Waals surface area (Å²) in [5.74, 6) is 0.245. The molecule has 1 heterocycles. The Morgan fingerprint density at radius 1 is 1.17 bits per heavy atom. The number of anilines is 1. The number of nitrogens with one attached hydrogen (secondary N) is 1. The van der Waals surface area contributed by atoms with Crippen molar-refractivity contribution in [3.05, 3.63) is 65.3 Å². The molecule has 23 heavy (non-hydrogen) atoms. The number of phenolic OH excluding ortho intramolecular Hbond substituents is 1. The van der Waals surface area contributed by atoms with Crippen molar-refractivity contribution in [2.45, 2.75) is 13.3 Å². The van der Waals surface area contributed by atoms with Crippen molar-refractivity contribution >= 4 is 33.9 Å². The first-order valence-corrected chi connectivity index (χ1v) is 7.71. The van der Waals surface area contributed by atoms with E-state index >= 15 is 0 Å². The third-order valence-corrected chi connectivity index (χ3v) is 3.79. The minimum atomic E-state index is 0.245. The lowest BCUT2D eigenvalue weighted by molar-refractivity contribution is 0.475. The average molecular weight is 326 g/mol. The summed E-state index contributed by atoms with van der Waals surface area (Å²) in [6.45, 7) is 2.04. The number of phenols is 1. The summed E-state index contributed by atoms with van der Waals surface area (Å²) in [5.41, 5.74) is 6.68. The Labute approximate surface area is 139 Å². The molecule has 1 aromatic heterocycles. The molecule has 2 aromatic carbocycles. The SMILES string of the molecule is CC/C(=N\Nc1ccnc2cc(Cl)ccc12)c1ccc(O)cc1. The summed E-state index contributed by atoms with van der Waals surface area (Å²) < 4.78 is 0. The van der Waals surface area contributed by atoms with E-state index in [4.69, 9.17) is 11.6 Å². The van der Waals surface area contributed by atoms with Crippen molar-refractivity contribution in [2.24, 2.45) is 5.10 Å². The topological polar surface area (TPSA) is 57.5 Å². The van der Waals surface area contributed by atoms with Crippen LogP contribution in [0.1, 0.15) is 18.9 Å². The molecule has 0 radical (unpaired) electrons. The predicted octanol–water partition coefficient (Wildman–Crippen LogP) is 4.82. The smallest absolute Gasteiger partial charge is 0.115 e. The number of rotatable bonds is 4. The molecule has 3 aromatic rings. The maximum Gasteiger partial charge on any atom is 0.115 e. The monoisotopic (exact) mass is 325 g/mol. The Hall–Kier alpha value is -2.59. The normalized spacial score (nSPS) is 11.7. The third kappa shape index (κ3) is 3.43. The van der Waals surface area contributed by atoms with Crippen LogP contribution in [-0.2, 0) is 0 Å². The van der Waals surface area contributed by atoms with Gasteiger partial charge in [0.05, 0.1) is 16.9 Å². The Bertz CT molecular complexity index is 860. The molecule has 4 nitrogen and oxygen atoms in total. The highest BCUT2D eigenvalue weighted by Gasteiger charge is 2.04. The molecule has 0 aliphatic rings. The van der Waals surface area contributed by atoms with Gasteiger partial charge in [0.25, 0.3) is 0 Å². The van der Waals surface area contributed by atoms with E-state index in [1.54, 1.807) is 18.3 Å². The summed E-state index contributed by atoms with van der Waals surface area (Å²) in [4.78, 5) is 4.32. The average Bonchev–Trinajstić information content (AvgIpc) is 2.56. The quantitative estimate of drug-likeness (QED) is 0.534. The molecule has 0 fully saturated rings. The molecule has 0 atom stereocenters. The summed E-state index contributed by atoms with van der Waals surface area (Å²) in [6, 6.07) is 14.5. The fourth-order valence-electron chi connectivity index (χ4n) is 2.35. The van der Waals surface area contributed by atoms with Crippen LogP contribution in [0.2, 0.25) is 5.02 Å². The van der Waals surface area contributed by atoms with Gasteiger partial charge < -0.3 is 5.11 Å². The maximum absolute atomic E-state index is 9.39. The fraction of sp³-hybridized carbons (Fsp3) is 0.111. The maximum atomic E-state index is 9.39. The first-order valence-electron chi connectivity index (χ1n) is 7.33. The number of hydrazone groups is 1. The van der Waals surface area contributed by atoms with Crippen molar-refractivity contribution in [3.8, 4) is 5.75 Å². The number of halogens is 1. The molecule has 0 spiro atoms. The lowest BCUT2D eigenvalue weighted by atomic mass is 10.1. The molecule has 0 bridgehead atoms. The summed E-state index contributed by atoms with van der Waals surface area (Å²) >= 11 is 6.01. The van der Waals surface area contributed by atoms with E-state index in [0.29, 0.717) is 5.02 Å². The molecule has 5 heteroatoms. The zero-order valence-corrected chi connectivity index (χ0v) is 13.4. The summed E-state index contributed by atoms with van der Waals surface area (Å²) in [6.07, 6.45) is 2.50. The number of hydrogen-bond acceptors (Lipinski definition) is 4. The van der Waals surface area contributed by atoms with E-state index < -0.39 is 0 Å². The van der Waals surface area contributed by atoms with Gasteiger partial charge in [0, 0.05) is 16.6 Å². The van der Waals surface area contributed by atoms with Crippen molar-refractivity contribution in [3.63, 3.8) is 0 Å². The predicted molar refractivity (Wildman–Crippen MR) is 95.3 cm³/mol. The van der Waals surface area contributed by atoms with E-state index in [-0.39, 0.29) is 5.75 Å². The van der Waals surface area contributed by atoms with E-state index in [1.807, 2.05) is 43.3 Å². The lowest BCUT2D eigenvalue weighted by Crippen LogP contribution is -2.03. The van der Waals surface area contributed by atoms with E-state index in [1.165, 1.54) is 0 Å². The van der Waals surface area contributed by atoms with Crippen LogP contribution in [0.4, 0.5) is 5.69 Å². The second kappa shape index (κ2) is 6.67. The van der Waals surface area contributed by atoms with Crippen LogP contribution in [0.15, 0.2) is 59.8 Å². The number of fused-ring (bicyclic) bond motifs is 1. The molecule has 0 unspecified atom stereocenters. The summed E-state index contributed by atoms with van der Waals surface area (Å²) in [7, 11) is 0. The highest BCUT2D eigenvalue weighted by molar-refractivity contribution is 6.31. The molecule has 0 aliphatic carbocycles. The molecule has 0 saturated carbocycles. The highest BCUT2D eigenvalue weighted by atomic mass is 35.5. The van der Waals surface area contributed by atoms with Gasteiger partial charge in [0.15, 0.2) is 0 Å². The third-order valence-electron chi connectivity index (χ3n) is 3.55. The Kier molecular flexibility index (Phi) is 4.44. The molecule has 0 aliphatic heterocycles. The van der Waals surface area contributed by atoms with Gasteiger partial charge in [0.2, 0.25) is 0 Å². The van der Waals surface area contributed by atoms with E-state index in [9.17, 15) is 5.11 Å². The van der Waals surface area contributed by atoms with Crippen LogP contribution in [0.3, 0.4) is 0 Å². The first-order chi connectivity index (χ1) is 11.2. The van der Waals surface area contributed by atoms with Gasteiger partial charge in [-0.05, 0) is 60.5 Å². The van der Waals surface area contributed by atoms with Crippen LogP contribution in [0.5, 0.6) is 5.75 Å². The van der Waals surface area contributed by atoms with E-state index in [0.717, 1.165) is 34.3 Å². The molecule has 0 amide bonds. The van der Waals surface area contributed by atoms with Gasteiger partial charge in [-0.2, -0.15) is 5.10 Å². The Morgan fingerprint density at radius 3 is 2.70 bits per heavy atom. The first kappa shape index (κ1) is 15.3. The second-order valence-electron chi connectivity index (χ2n) is 5.09. The molecule has 116 valence electrons. The van der Waals surface area contributed by atoms with Crippen LogP contribution in [0.25, 0.3) is 10.9 Å². The van der Waals surface area contributed by atoms with Crippen LogP contribution in [-0.4, -0.2) is 15.8 Å². The van der Waals surface area contributed by atoms with Crippen molar-refractivity contribution in [2.75, 3.05) is 5.43 Å². The van der Waals surface area contributed by atoms with Crippen molar-refractivity contribution in [1.29, 1.82) is 0 Å². The minimum Gasteiger partial charge on any atom is -0.508 e. The molecular weight excluding hydrogens is 310 g/mol. The Morgan fingerprint density at radius 2 is 1.96 bits per heavy atom. The van der Waals surface area contributed by atoms with Gasteiger partial charge in [-0.3, -0.25) is 10.4 Å². The van der Waals surface area contributed by atoms with E-state index in [2.05, 4.69) is 15.5 Å². The molecular formula is C18H16ClN3O. The largest absolute Gasteiger partial charge is 0.508 e. The molecule has 2 N–H and O–H groups in total. The number of pyridine rings is 1. The van der Waals surface area contributed by atoms with Gasteiger partial charge in [-0.15, -0.1) is 0 Å². The second-order valence-corrected chi connectivity index (χ2v) is 5.53. The number of aromatic hydroxyl groups is 1. The fourth-order valence-corrected chi connectivity index (χ4v) is 2.51. The number of benzene rings is 2. The van der Waals surface area contributed by atoms with Crippen LogP contribution >= 0.6 is 11.6 Å². The number of hydrogen-bond donors (Lipinski definition) is 2. The van der Waals surface area contributed by atoms with Gasteiger partial charge >= 0.3 is 0 Å². The summed E-state index contributed by atoms with van der Waals surface area (Å²) in [5, 5.41) is 15.5. The Balaban J connectivity index is 1.93. The van der Waals surface area contributed by atoms with Crippen LogP contribution < -0.4 is 5.43 Å². The molecule has 3 rings (SSSR count). The lowest BCUT2D eigenvalue weighted by Gasteiger charge is -2.08. The molecule has 0 saturated heterocycles. The highest BCUT2D eigenvalue weighted by Crippen LogP contribution is 2.24. The zero-order chi connectivity index (χ0) is 16.2. The van der Waals surface area contributed by atoms with Crippen molar-refractivity contribution < 1.29 is 5.11 Å². The van der Waals surface area contributed by atoms with Gasteiger partial charge in [-0.1, -0.05) is 18.5 Å². The van der Waals surface area contributed by atoms with Crippen LogP contribution in [0, 0.1) is 0 Å². The number of aromatic nitrogens is 1. The van der Waals surface area contributed by atoms with Gasteiger partial charge in [0.1, 0.15) is 5.75 Å². The zero-order valence-electron chi connectivity index (χ0n) is 12.6. The van der Waals surface area contributed by atoms with Gasteiger partial charge in [-0.25, -0.2) is 0 Å². The number of nitrogens with zero attached hydrogens (tertiary/aromatic N) is 2.